The molecule has 0 aliphatic carbocycles. The Labute approximate surface area is 56.7 Å². The number of phenols is 1. The minimum absolute atomic E-state index is 0.108. The lowest BCUT2D eigenvalue weighted by Crippen LogP contribution is -1.72. The molecule has 3 heteroatoms. The molecule has 1 aromatic carbocycles. The molecule has 0 aromatic heterocycles. The van der Waals surface area contributed by atoms with Crippen molar-refractivity contribution in [3.05, 3.63) is 29.0 Å². The quantitative estimate of drug-likeness (QED) is 0.592. The van der Waals surface area contributed by atoms with Gasteiger partial charge >= 0.3 is 0 Å². The van der Waals surface area contributed by atoms with Gasteiger partial charge < -0.3 is 5.11 Å². The summed E-state index contributed by atoms with van der Waals surface area (Å²) in [5.41, 5.74) is 0. The molecule has 0 saturated carbocycles. The molecule has 0 spiro atoms. The van der Waals surface area contributed by atoms with Gasteiger partial charge in [0.1, 0.15) is 11.6 Å². The summed E-state index contributed by atoms with van der Waals surface area (Å²) < 4.78 is 12.1. The average Bonchev–Trinajstić information content (AvgIpc) is 1.80. The lowest BCUT2D eigenvalue weighted by molar-refractivity contribution is 0.467. The first-order valence-corrected chi connectivity index (χ1v) is 2.64. The summed E-state index contributed by atoms with van der Waals surface area (Å²) in [6.45, 7) is 0. The van der Waals surface area contributed by atoms with Gasteiger partial charge in [-0.2, -0.15) is 0 Å². The Hall–Kier alpha value is -0.760. The molecule has 0 unspecified atom stereocenters. The van der Waals surface area contributed by atoms with E-state index in [1.54, 1.807) is 0 Å². The van der Waals surface area contributed by atoms with E-state index in [9.17, 15) is 4.39 Å². The fourth-order valence-corrected chi connectivity index (χ4v) is 0.550. The highest BCUT2D eigenvalue weighted by molar-refractivity contribution is 6.31. The number of hydrogen-bond donors (Lipinski definition) is 1. The van der Waals surface area contributed by atoms with E-state index in [-0.39, 0.29) is 10.8 Å². The van der Waals surface area contributed by atoms with E-state index in [0.29, 0.717) is 0 Å². The molecule has 0 aliphatic heterocycles. The van der Waals surface area contributed by atoms with Crippen molar-refractivity contribution in [3.8, 4) is 5.75 Å². The molecule has 9 heavy (non-hydrogen) atoms. The first-order valence-electron chi connectivity index (χ1n) is 2.26. The van der Waals surface area contributed by atoms with Crippen LogP contribution < -0.4 is 0 Å². The summed E-state index contributed by atoms with van der Waals surface area (Å²) in [5.74, 6) is -0.964. The van der Waals surface area contributed by atoms with Crippen molar-refractivity contribution in [1.29, 1.82) is 0 Å². The van der Waals surface area contributed by atoms with Crippen LogP contribution in [0.25, 0.3) is 0 Å². The van der Waals surface area contributed by atoms with Crippen molar-refractivity contribution >= 4 is 11.6 Å². The molecule has 1 radical (unpaired) electrons. The Balaban J connectivity index is 3.17. The molecule has 1 rings (SSSR count). The molecular weight excluding hydrogens is 143 g/mol. The van der Waals surface area contributed by atoms with Gasteiger partial charge in [-0.05, 0) is 12.1 Å². The maximum absolute atomic E-state index is 12.1. The van der Waals surface area contributed by atoms with Gasteiger partial charge in [-0.15, -0.1) is 0 Å². The molecule has 0 bridgehead atoms. The van der Waals surface area contributed by atoms with E-state index in [4.69, 9.17) is 16.7 Å². The third-order valence-electron chi connectivity index (χ3n) is 0.840. The van der Waals surface area contributed by atoms with Crippen LogP contribution in [0.15, 0.2) is 12.1 Å². The van der Waals surface area contributed by atoms with E-state index < -0.39 is 5.82 Å². The Bertz CT molecular complexity index is 224. The fourth-order valence-electron chi connectivity index (χ4n) is 0.440. The molecule has 1 aromatic rings. The van der Waals surface area contributed by atoms with Gasteiger partial charge in [0.25, 0.3) is 0 Å². The minimum atomic E-state index is -0.614. The third-order valence-corrected chi connectivity index (χ3v) is 1.15. The van der Waals surface area contributed by atoms with Crippen molar-refractivity contribution in [2.45, 2.75) is 0 Å². The molecular formula is C6H3ClFO. The zero-order valence-electron chi connectivity index (χ0n) is 4.36. The Morgan fingerprint density at radius 3 is 2.67 bits per heavy atom. The van der Waals surface area contributed by atoms with Gasteiger partial charge in [-0.1, -0.05) is 11.6 Å². The number of hydrogen-bond acceptors (Lipinski definition) is 1. The van der Waals surface area contributed by atoms with Crippen LogP contribution in [0.4, 0.5) is 4.39 Å². The second-order valence-corrected chi connectivity index (χ2v) is 1.91. The smallest absolute Gasteiger partial charge is 0.145 e. The fraction of sp³-hybridized carbons (Fsp3) is 0. The van der Waals surface area contributed by atoms with Crippen LogP contribution in [0, 0.1) is 11.9 Å². The van der Waals surface area contributed by atoms with Gasteiger partial charge in [0.05, 0.1) is 11.1 Å². The summed E-state index contributed by atoms with van der Waals surface area (Å²) in [5, 5.41) is 8.78. The van der Waals surface area contributed by atoms with Crippen LogP contribution in [0.3, 0.4) is 0 Å². The largest absolute Gasteiger partial charge is 0.506 e. The molecule has 0 fully saturated rings. The van der Waals surface area contributed by atoms with Gasteiger partial charge in [-0.3, -0.25) is 0 Å². The zero-order valence-corrected chi connectivity index (χ0v) is 5.11. The SMILES string of the molecule is Oc1[c]c(F)ccc1Cl. The molecule has 0 atom stereocenters. The number of benzene rings is 1. The van der Waals surface area contributed by atoms with E-state index in [0.717, 1.165) is 6.07 Å². The molecule has 0 saturated heterocycles. The van der Waals surface area contributed by atoms with Crippen LogP contribution in [0.2, 0.25) is 5.02 Å². The van der Waals surface area contributed by atoms with Crippen LogP contribution in [0.5, 0.6) is 5.75 Å². The highest BCUT2D eigenvalue weighted by atomic mass is 35.5. The van der Waals surface area contributed by atoms with Crippen molar-refractivity contribution in [1.82, 2.24) is 0 Å². The van der Waals surface area contributed by atoms with E-state index in [1.807, 2.05) is 6.07 Å². The topological polar surface area (TPSA) is 20.2 Å². The van der Waals surface area contributed by atoms with E-state index in [2.05, 4.69) is 0 Å². The maximum atomic E-state index is 12.1. The Kier molecular flexibility index (Phi) is 1.58. The summed E-state index contributed by atoms with van der Waals surface area (Å²) in [6.07, 6.45) is 0. The summed E-state index contributed by atoms with van der Waals surface area (Å²) in [7, 11) is 0. The molecule has 0 aliphatic rings. The minimum Gasteiger partial charge on any atom is -0.506 e. The van der Waals surface area contributed by atoms with Crippen molar-refractivity contribution < 1.29 is 9.50 Å². The maximum Gasteiger partial charge on any atom is 0.145 e. The second kappa shape index (κ2) is 2.23. The normalized spacial score (nSPS) is 9.56. The summed E-state index contributed by atoms with van der Waals surface area (Å²) >= 11 is 5.33. The number of halogens is 2. The van der Waals surface area contributed by atoms with Crippen molar-refractivity contribution in [3.63, 3.8) is 0 Å². The van der Waals surface area contributed by atoms with Gasteiger partial charge in [0.2, 0.25) is 0 Å². The van der Waals surface area contributed by atoms with Crippen molar-refractivity contribution in [2.24, 2.45) is 0 Å². The summed E-state index contributed by atoms with van der Waals surface area (Å²) in [6, 6.07) is 4.39. The number of phenolic OH excluding ortho intramolecular Hbond substituents is 1. The van der Waals surface area contributed by atoms with Gasteiger partial charge in [0.15, 0.2) is 0 Å². The van der Waals surface area contributed by atoms with Gasteiger partial charge in [-0.25, -0.2) is 4.39 Å². The number of aromatic hydroxyl groups is 1. The lowest BCUT2D eigenvalue weighted by atomic mass is 10.3. The van der Waals surface area contributed by atoms with E-state index >= 15 is 0 Å². The highest BCUT2D eigenvalue weighted by Crippen LogP contribution is 2.21. The molecule has 47 valence electrons. The summed E-state index contributed by atoms with van der Waals surface area (Å²) in [4.78, 5) is 0. The average molecular weight is 146 g/mol. The van der Waals surface area contributed by atoms with Crippen LogP contribution in [-0.2, 0) is 0 Å². The van der Waals surface area contributed by atoms with Crippen LogP contribution in [-0.4, -0.2) is 5.11 Å². The standard InChI is InChI=1S/C6H3ClFO/c7-5-2-1-4(8)3-6(5)9/h1-2,9H. The predicted molar refractivity (Wildman–Crippen MR) is 31.9 cm³/mol. The zero-order chi connectivity index (χ0) is 6.85. The van der Waals surface area contributed by atoms with Crippen LogP contribution in [0.1, 0.15) is 0 Å². The third kappa shape index (κ3) is 1.33. The lowest BCUT2D eigenvalue weighted by Gasteiger charge is -1.91. The van der Waals surface area contributed by atoms with Crippen molar-refractivity contribution in [2.75, 3.05) is 0 Å². The monoisotopic (exact) mass is 145 g/mol. The Morgan fingerprint density at radius 1 is 1.56 bits per heavy atom. The Morgan fingerprint density at radius 2 is 2.22 bits per heavy atom. The predicted octanol–water partition coefficient (Wildman–Crippen LogP) is 1.98. The first-order chi connectivity index (χ1) is 4.20. The van der Waals surface area contributed by atoms with E-state index in [1.165, 1.54) is 6.07 Å². The highest BCUT2D eigenvalue weighted by Gasteiger charge is 1.97. The molecule has 1 N–H and O–H groups in total. The first kappa shape index (κ1) is 6.36. The van der Waals surface area contributed by atoms with Gasteiger partial charge in [0, 0.05) is 0 Å². The molecule has 0 heterocycles. The van der Waals surface area contributed by atoms with Crippen LogP contribution >= 0.6 is 11.6 Å². The number of rotatable bonds is 0. The second-order valence-electron chi connectivity index (χ2n) is 1.50. The molecule has 0 amide bonds. The molecule has 1 nitrogen and oxygen atoms in total.